The summed E-state index contributed by atoms with van der Waals surface area (Å²) < 4.78 is 21.9. The SMILES string of the molecule is Cc1cc(Cl)cc(Cl)c1CNC(=O)CCS(C)(=O)=O. The first-order chi connectivity index (χ1) is 8.69. The van der Waals surface area contributed by atoms with Gasteiger partial charge in [-0.05, 0) is 30.2 Å². The van der Waals surface area contributed by atoms with Crippen LogP contribution in [0.15, 0.2) is 12.1 Å². The highest BCUT2D eigenvalue weighted by Gasteiger charge is 2.10. The van der Waals surface area contributed by atoms with Crippen molar-refractivity contribution < 1.29 is 13.2 Å². The summed E-state index contributed by atoms with van der Waals surface area (Å²) >= 11 is 11.9. The minimum Gasteiger partial charge on any atom is -0.352 e. The van der Waals surface area contributed by atoms with Gasteiger partial charge in [-0.25, -0.2) is 8.42 Å². The van der Waals surface area contributed by atoms with E-state index in [0.29, 0.717) is 10.0 Å². The number of rotatable bonds is 5. The van der Waals surface area contributed by atoms with Gasteiger partial charge in [0.05, 0.1) is 5.75 Å². The van der Waals surface area contributed by atoms with Gasteiger partial charge in [0.15, 0.2) is 0 Å². The molecule has 0 heterocycles. The molecular formula is C12H15Cl2NO3S. The molecule has 1 rings (SSSR count). The molecule has 0 saturated heterocycles. The minimum absolute atomic E-state index is 0.0525. The highest BCUT2D eigenvalue weighted by Crippen LogP contribution is 2.24. The zero-order valence-electron chi connectivity index (χ0n) is 10.7. The van der Waals surface area contributed by atoms with Gasteiger partial charge in [-0.1, -0.05) is 23.2 Å². The van der Waals surface area contributed by atoms with Crippen LogP contribution in [0.3, 0.4) is 0 Å². The van der Waals surface area contributed by atoms with Crippen molar-refractivity contribution in [2.45, 2.75) is 19.9 Å². The Morgan fingerprint density at radius 3 is 2.47 bits per heavy atom. The number of carbonyl (C=O) groups excluding carboxylic acids is 1. The second-order valence-electron chi connectivity index (χ2n) is 4.34. The lowest BCUT2D eigenvalue weighted by atomic mass is 10.1. The van der Waals surface area contributed by atoms with E-state index in [1.807, 2.05) is 6.92 Å². The largest absolute Gasteiger partial charge is 0.352 e. The normalized spacial score (nSPS) is 11.4. The van der Waals surface area contributed by atoms with Gasteiger partial charge in [0, 0.05) is 29.3 Å². The van der Waals surface area contributed by atoms with Crippen LogP contribution in [0.4, 0.5) is 0 Å². The van der Waals surface area contributed by atoms with Crippen LogP contribution in [0.1, 0.15) is 17.5 Å². The Labute approximate surface area is 123 Å². The number of nitrogens with one attached hydrogen (secondary N) is 1. The molecule has 1 N–H and O–H groups in total. The molecule has 1 aromatic carbocycles. The Bertz CT molecular complexity index is 562. The van der Waals surface area contributed by atoms with Gasteiger partial charge in [-0.2, -0.15) is 0 Å². The Kier molecular flexibility index (Phi) is 5.64. The van der Waals surface area contributed by atoms with E-state index in [-0.39, 0.29) is 24.6 Å². The molecule has 0 saturated carbocycles. The second-order valence-corrected chi connectivity index (χ2v) is 7.44. The van der Waals surface area contributed by atoms with Gasteiger partial charge in [0.2, 0.25) is 5.91 Å². The monoisotopic (exact) mass is 323 g/mol. The molecule has 106 valence electrons. The molecule has 0 spiro atoms. The van der Waals surface area contributed by atoms with Crippen LogP contribution in [0, 0.1) is 6.92 Å². The number of aryl methyl sites for hydroxylation is 1. The van der Waals surface area contributed by atoms with Crippen LogP contribution in [0.5, 0.6) is 0 Å². The molecule has 0 aliphatic rings. The molecule has 0 aromatic heterocycles. The van der Waals surface area contributed by atoms with Crippen LogP contribution in [-0.4, -0.2) is 26.3 Å². The lowest BCUT2D eigenvalue weighted by molar-refractivity contribution is -0.120. The third-order valence-electron chi connectivity index (χ3n) is 2.55. The van der Waals surface area contributed by atoms with Crippen molar-refractivity contribution in [1.82, 2.24) is 5.32 Å². The number of halogens is 2. The highest BCUT2D eigenvalue weighted by molar-refractivity contribution is 7.90. The number of carbonyl (C=O) groups is 1. The molecule has 19 heavy (non-hydrogen) atoms. The van der Waals surface area contributed by atoms with Gasteiger partial charge >= 0.3 is 0 Å². The topological polar surface area (TPSA) is 63.2 Å². The number of hydrogen-bond donors (Lipinski definition) is 1. The second kappa shape index (κ2) is 6.59. The number of benzene rings is 1. The zero-order valence-corrected chi connectivity index (χ0v) is 13.0. The van der Waals surface area contributed by atoms with Crippen molar-refractivity contribution in [3.05, 3.63) is 33.3 Å². The smallest absolute Gasteiger partial charge is 0.221 e. The highest BCUT2D eigenvalue weighted by atomic mass is 35.5. The van der Waals surface area contributed by atoms with Crippen LogP contribution in [0.2, 0.25) is 10.0 Å². The predicted molar refractivity (Wildman–Crippen MR) is 77.4 cm³/mol. The number of amides is 1. The zero-order chi connectivity index (χ0) is 14.6. The van der Waals surface area contributed by atoms with E-state index in [1.54, 1.807) is 12.1 Å². The standard InChI is InChI=1S/C12H15Cl2NO3S/c1-8-5-9(13)6-11(14)10(8)7-15-12(16)3-4-19(2,17)18/h5-6H,3-4,7H2,1-2H3,(H,15,16). The predicted octanol–water partition coefficient (Wildman–Crippen LogP) is 2.35. The van der Waals surface area contributed by atoms with Crippen molar-refractivity contribution >= 4 is 38.9 Å². The minimum atomic E-state index is -3.13. The molecule has 4 nitrogen and oxygen atoms in total. The maximum Gasteiger partial charge on any atom is 0.221 e. The van der Waals surface area contributed by atoms with E-state index >= 15 is 0 Å². The molecule has 1 amide bonds. The fraction of sp³-hybridized carbons (Fsp3) is 0.417. The molecule has 7 heteroatoms. The average Bonchev–Trinajstić information content (AvgIpc) is 2.23. The van der Waals surface area contributed by atoms with E-state index in [0.717, 1.165) is 17.4 Å². The van der Waals surface area contributed by atoms with Crippen LogP contribution < -0.4 is 5.32 Å². The van der Waals surface area contributed by atoms with Gasteiger partial charge in [-0.15, -0.1) is 0 Å². The summed E-state index contributed by atoms with van der Waals surface area (Å²) in [4.78, 5) is 11.5. The molecule has 0 aliphatic carbocycles. The van der Waals surface area contributed by atoms with Gasteiger partial charge in [0.25, 0.3) is 0 Å². The summed E-state index contributed by atoms with van der Waals surface area (Å²) in [6.45, 7) is 2.10. The first-order valence-corrected chi connectivity index (χ1v) is 8.39. The molecule has 0 bridgehead atoms. The Morgan fingerprint density at radius 1 is 1.32 bits per heavy atom. The third-order valence-corrected chi connectivity index (χ3v) is 4.05. The molecule has 0 unspecified atom stereocenters. The quantitative estimate of drug-likeness (QED) is 0.904. The van der Waals surface area contributed by atoms with Gasteiger partial charge in [-0.3, -0.25) is 4.79 Å². The lowest BCUT2D eigenvalue weighted by Crippen LogP contribution is -2.25. The van der Waals surface area contributed by atoms with E-state index in [2.05, 4.69) is 5.32 Å². The van der Waals surface area contributed by atoms with Crippen LogP contribution >= 0.6 is 23.2 Å². The summed E-state index contributed by atoms with van der Waals surface area (Å²) in [6.07, 6.45) is 1.05. The van der Waals surface area contributed by atoms with E-state index in [1.165, 1.54) is 0 Å². The van der Waals surface area contributed by atoms with Crippen LogP contribution in [0.25, 0.3) is 0 Å². The molecule has 0 atom stereocenters. The maximum atomic E-state index is 11.5. The Hall–Kier alpha value is -0.780. The van der Waals surface area contributed by atoms with Gasteiger partial charge in [0.1, 0.15) is 9.84 Å². The number of sulfone groups is 1. The van der Waals surface area contributed by atoms with E-state index in [9.17, 15) is 13.2 Å². The third kappa shape index (κ3) is 5.80. The summed E-state index contributed by atoms with van der Waals surface area (Å²) in [6, 6.07) is 3.36. The maximum absolute atomic E-state index is 11.5. The first kappa shape index (κ1) is 16.3. The summed E-state index contributed by atoms with van der Waals surface area (Å²) in [5.41, 5.74) is 1.65. The van der Waals surface area contributed by atoms with Crippen molar-refractivity contribution in [3.8, 4) is 0 Å². The lowest BCUT2D eigenvalue weighted by Gasteiger charge is -2.10. The molecule has 1 aromatic rings. The van der Waals surface area contributed by atoms with E-state index in [4.69, 9.17) is 23.2 Å². The Morgan fingerprint density at radius 2 is 1.95 bits per heavy atom. The molecule has 0 aliphatic heterocycles. The van der Waals surface area contributed by atoms with Crippen molar-refractivity contribution in [2.24, 2.45) is 0 Å². The molecular weight excluding hydrogens is 309 g/mol. The van der Waals surface area contributed by atoms with Crippen molar-refractivity contribution in [3.63, 3.8) is 0 Å². The average molecular weight is 324 g/mol. The summed E-state index contributed by atoms with van der Waals surface area (Å²) in [5, 5.41) is 3.66. The first-order valence-electron chi connectivity index (χ1n) is 5.58. The van der Waals surface area contributed by atoms with E-state index < -0.39 is 9.84 Å². The molecule has 0 fully saturated rings. The van der Waals surface area contributed by atoms with Gasteiger partial charge < -0.3 is 5.32 Å². The van der Waals surface area contributed by atoms with Crippen LogP contribution in [-0.2, 0) is 21.2 Å². The van der Waals surface area contributed by atoms with Crippen molar-refractivity contribution in [2.75, 3.05) is 12.0 Å². The number of hydrogen-bond acceptors (Lipinski definition) is 3. The summed E-state index contributed by atoms with van der Waals surface area (Å²) in [7, 11) is -3.13. The fourth-order valence-electron chi connectivity index (χ4n) is 1.51. The fourth-order valence-corrected chi connectivity index (χ4v) is 2.73. The van der Waals surface area contributed by atoms with Crippen molar-refractivity contribution in [1.29, 1.82) is 0 Å². The Balaban J connectivity index is 2.60. The summed E-state index contributed by atoms with van der Waals surface area (Å²) in [5.74, 6) is -0.484. The molecule has 0 radical (unpaired) electrons.